The van der Waals surface area contributed by atoms with Crippen LogP contribution in [0.1, 0.15) is 11.1 Å². The Kier molecular flexibility index (Phi) is 8.36. The molecule has 2 aromatic rings. The van der Waals surface area contributed by atoms with Gasteiger partial charge in [0.05, 0.1) is 0 Å². The number of alkyl halides is 2. The van der Waals surface area contributed by atoms with Crippen LogP contribution in [0.4, 0.5) is 8.78 Å². The molecule has 0 amide bonds. The first-order valence-corrected chi connectivity index (χ1v) is 8.49. The fourth-order valence-corrected chi connectivity index (χ4v) is 2.75. The largest absolute Gasteiger partial charge is 0.454 e. The summed E-state index contributed by atoms with van der Waals surface area (Å²) in [6.45, 7) is -2.19. The number of nitrogens with one attached hydrogen (secondary N) is 2. The van der Waals surface area contributed by atoms with Gasteiger partial charge in [-0.2, -0.15) is 8.78 Å². The fraction of sp³-hybridized carbons (Fsp3) is 0.278. The Labute approximate surface area is 183 Å². The van der Waals surface area contributed by atoms with Gasteiger partial charge in [-0.1, -0.05) is 23.7 Å². The third kappa shape index (κ3) is 5.99. The van der Waals surface area contributed by atoms with Crippen molar-refractivity contribution in [2.24, 2.45) is 4.99 Å². The summed E-state index contributed by atoms with van der Waals surface area (Å²) >= 11 is 5.97. The van der Waals surface area contributed by atoms with Crippen molar-refractivity contribution in [1.82, 2.24) is 10.6 Å². The Morgan fingerprint density at radius 2 is 1.89 bits per heavy atom. The zero-order valence-electron chi connectivity index (χ0n) is 14.9. The van der Waals surface area contributed by atoms with Crippen molar-refractivity contribution in [3.05, 3.63) is 52.5 Å². The Balaban J connectivity index is 0.00000280. The van der Waals surface area contributed by atoms with Gasteiger partial charge in [0.2, 0.25) is 6.79 Å². The first-order valence-electron chi connectivity index (χ1n) is 8.11. The molecular formula is C18H19ClF2IN3O3. The van der Waals surface area contributed by atoms with E-state index in [1.54, 1.807) is 19.2 Å². The zero-order chi connectivity index (χ0) is 19.2. The maximum Gasteiger partial charge on any atom is 0.387 e. The molecule has 0 bridgehead atoms. The van der Waals surface area contributed by atoms with Gasteiger partial charge in [-0.3, -0.25) is 4.99 Å². The van der Waals surface area contributed by atoms with Crippen LogP contribution in [0.25, 0.3) is 0 Å². The Bertz CT molecular complexity index is 840. The summed E-state index contributed by atoms with van der Waals surface area (Å²) in [7, 11) is 1.61. The molecule has 10 heteroatoms. The number of aliphatic imine (C=N–C) groups is 1. The standard InChI is InChI=1S/C18H18ClF2N3O3.HI/c1-22-18(23-8-11-3-2-4-13(19)5-11)24-9-12-6-15-16(26-10-25-15)7-14(12)27-17(20)21;/h2-7,17H,8-10H2,1H3,(H2,22,23,24);1H. The maximum atomic E-state index is 12.7. The highest BCUT2D eigenvalue weighted by molar-refractivity contribution is 14.0. The smallest absolute Gasteiger partial charge is 0.387 e. The van der Waals surface area contributed by atoms with Crippen LogP contribution >= 0.6 is 35.6 Å². The van der Waals surface area contributed by atoms with Crippen molar-refractivity contribution in [2.75, 3.05) is 13.8 Å². The molecule has 2 N–H and O–H groups in total. The average molecular weight is 526 g/mol. The fourth-order valence-electron chi connectivity index (χ4n) is 2.54. The summed E-state index contributed by atoms with van der Waals surface area (Å²) in [5.41, 5.74) is 1.47. The molecule has 152 valence electrons. The van der Waals surface area contributed by atoms with Crippen molar-refractivity contribution in [3.8, 4) is 17.2 Å². The van der Waals surface area contributed by atoms with E-state index in [1.165, 1.54) is 6.07 Å². The Hall–Kier alpha value is -2.01. The molecule has 0 aliphatic carbocycles. The minimum Gasteiger partial charge on any atom is -0.454 e. The molecule has 0 aromatic heterocycles. The number of guanidine groups is 1. The lowest BCUT2D eigenvalue weighted by Crippen LogP contribution is -2.36. The highest BCUT2D eigenvalue weighted by Crippen LogP contribution is 2.38. The van der Waals surface area contributed by atoms with Crippen LogP contribution in [0.5, 0.6) is 17.2 Å². The topological polar surface area (TPSA) is 64.1 Å². The molecule has 0 atom stereocenters. The van der Waals surface area contributed by atoms with Crippen LogP contribution < -0.4 is 24.8 Å². The molecule has 0 saturated heterocycles. The summed E-state index contributed by atoms with van der Waals surface area (Å²) in [4.78, 5) is 4.12. The first kappa shape index (κ1) is 22.3. The van der Waals surface area contributed by atoms with E-state index in [0.29, 0.717) is 34.6 Å². The molecule has 1 heterocycles. The third-order valence-corrected chi connectivity index (χ3v) is 4.03. The zero-order valence-corrected chi connectivity index (χ0v) is 18.0. The van der Waals surface area contributed by atoms with Crippen molar-refractivity contribution in [3.63, 3.8) is 0 Å². The molecule has 28 heavy (non-hydrogen) atoms. The molecule has 0 saturated carbocycles. The van der Waals surface area contributed by atoms with Crippen LogP contribution in [-0.2, 0) is 13.1 Å². The number of halogens is 4. The second kappa shape index (κ2) is 10.5. The molecule has 2 aromatic carbocycles. The van der Waals surface area contributed by atoms with Gasteiger partial charge < -0.3 is 24.8 Å². The maximum absolute atomic E-state index is 12.7. The molecular weight excluding hydrogens is 507 g/mol. The molecule has 0 unspecified atom stereocenters. The van der Waals surface area contributed by atoms with Gasteiger partial charge in [-0.25, -0.2) is 0 Å². The Morgan fingerprint density at radius 3 is 2.57 bits per heavy atom. The van der Waals surface area contributed by atoms with Crippen molar-refractivity contribution >= 4 is 41.5 Å². The van der Waals surface area contributed by atoms with Gasteiger partial charge >= 0.3 is 6.61 Å². The number of nitrogens with zero attached hydrogens (tertiary/aromatic N) is 1. The van der Waals surface area contributed by atoms with Gasteiger partial charge in [0, 0.05) is 36.8 Å². The summed E-state index contributed by atoms with van der Waals surface area (Å²) in [6, 6.07) is 10.4. The van der Waals surface area contributed by atoms with Gasteiger partial charge in [-0.05, 0) is 23.8 Å². The van der Waals surface area contributed by atoms with Crippen LogP contribution in [0.2, 0.25) is 5.02 Å². The normalized spacial score (nSPS) is 12.5. The first-order chi connectivity index (χ1) is 13.0. The molecule has 0 spiro atoms. The van der Waals surface area contributed by atoms with Crippen molar-refractivity contribution < 1.29 is 23.0 Å². The second-order valence-corrected chi connectivity index (χ2v) is 6.04. The van der Waals surface area contributed by atoms with Gasteiger partial charge in [0.15, 0.2) is 17.5 Å². The van der Waals surface area contributed by atoms with Gasteiger partial charge in [0.25, 0.3) is 0 Å². The van der Waals surface area contributed by atoms with E-state index in [9.17, 15) is 8.78 Å². The monoisotopic (exact) mass is 525 g/mol. The number of fused-ring (bicyclic) bond motifs is 1. The Morgan fingerprint density at radius 1 is 1.18 bits per heavy atom. The van der Waals surface area contributed by atoms with E-state index in [-0.39, 0.29) is 43.1 Å². The summed E-state index contributed by atoms with van der Waals surface area (Å²) in [6.07, 6.45) is 0. The lowest BCUT2D eigenvalue weighted by atomic mass is 10.1. The molecule has 0 fully saturated rings. The number of ether oxygens (including phenoxy) is 3. The molecule has 0 radical (unpaired) electrons. The number of rotatable bonds is 6. The van der Waals surface area contributed by atoms with E-state index < -0.39 is 6.61 Å². The van der Waals surface area contributed by atoms with Gasteiger partial charge in [-0.15, -0.1) is 24.0 Å². The number of hydrogen-bond acceptors (Lipinski definition) is 4. The molecule has 1 aliphatic rings. The quantitative estimate of drug-likeness (QED) is 0.337. The predicted molar refractivity (Wildman–Crippen MR) is 113 cm³/mol. The van der Waals surface area contributed by atoms with E-state index in [4.69, 9.17) is 21.1 Å². The van der Waals surface area contributed by atoms with Crippen LogP contribution in [0, 0.1) is 0 Å². The lowest BCUT2D eigenvalue weighted by Gasteiger charge is -2.15. The van der Waals surface area contributed by atoms with Gasteiger partial charge in [0.1, 0.15) is 5.75 Å². The minimum absolute atomic E-state index is 0. The van der Waals surface area contributed by atoms with Crippen LogP contribution in [0.3, 0.4) is 0 Å². The van der Waals surface area contributed by atoms with E-state index in [0.717, 1.165) is 5.56 Å². The lowest BCUT2D eigenvalue weighted by molar-refractivity contribution is -0.0505. The molecule has 6 nitrogen and oxygen atoms in total. The summed E-state index contributed by atoms with van der Waals surface area (Å²) in [5, 5.41) is 6.84. The SMILES string of the molecule is CN=C(NCc1cccc(Cl)c1)NCc1cc2c(cc1OC(F)F)OCO2.I. The predicted octanol–water partition coefficient (Wildman–Crippen LogP) is 4.15. The highest BCUT2D eigenvalue weighted by atomic mass is 127. The number of benzene rings is 2. The molecule has 1 aliphatic heterocycles. The van der Waals surface area contributed by atoms with Crippen molar-refractivity contribution in [1.29, 1.82) is 0 Å². The average Bonchev–Trinajstić information content (AvgIpc) is 3.08. The second-order valence-electron chi connectivity index (χ2n) is 5.60. The van der Waals surface area contributed by atoms with E-state index in [2.05, 4.69) is 20.4 Å². The highest BCUT2D eigenvalue weighted by Gasteiger charge is 2.20. The summed E-state index contributed by atoms with van der Waals surface area (Å²) < 4.78 is 40.5. The minimum atomic E-state index is -2.94. The van der Waals surface area contributed by atoms with Crippen LogP contribution in [0.15, 0.2) is 41.4 Å². The van der Waals surface area contributed by atoms with E-state index >= 15 is 0 Å². The van der Waals surface area contributed by atoms with Crippen LogP contribution in [-0.4, -0.2) is 26.4 Å². The number of hydrogen-bond donors (Lipinski definition) is 2. The van der Waals surface area contributed by atoms with Crippen molar-refractivity contribution in [2.45, 2.75) is 19.7 Å². The molecule has 3 rings (SSSR count). The third-order valence-electron chi connectivity index (χ3n) is 3.79. The van der Waals surface area contributed by atoms with E-state index in [1.807, 2.05) is 18.2 Å². The summed E-state index contributed by atoms with van der Waals surface area (Å²) in [5.74, 6) is 1.37.